The van der Waals surface area contributed by atoms with Crippen molar-refractivity contribution in [3.05, 3.63) is 0 Å². The number of nitrogens with zero attached hydrogens (tertiary/aromatic N) is 2. The van der Waals surface area contributed by atoms with Crippen molar-refractivity contribution < 1.29 is 57.0 Å². The van der Waals surface area contributed by atoms with Gasteiger partial charge >= 0.3 is 17.1 Å². The van der Waals surface area contributed by atoms with Crippen LogP contribution in [0.2, 0.25) is 0 Å². The molecule has 13 heteroatoms. The van der Waals surface area contributed by atoms with Gasteiger partial charge in [-0.05, 0) is 38.5 Å². The van der Waals surface area contributed by atoms with Crippen LogP contribution in [0.1, 0.15) is 51.4 Å². The summed E-state index contributed by atoms with van der Waals surface area (Å²) < 4.78 is 0. The predicted molar refractivity (Wildman–Crippen MR) is 106 cm³/mol. The number of carbonyl (C=O) groups is 4. The maximum atomic E-state index is 12.6. The smallest absolute Gasteiger partial charge is 0.549 e. The molecule has 2 saturated carbocycles. The molecule has 0 spiro atoms. The largest absolute Gasteiger partial charge is 3.00 e. The standard InChI is InChI=1S/C20H34N4O7.Fe.H2O/c21-13-5-7-14(8-6-13)22-17(25)9-23(10-18(26)27)15-3-1-2-4-16(15)24(11-19(28)29)12-20(30)31;;/h13-16H,1-12,21H2,(H,22,25)(H,26,27)(H,28,29)(H,30,31);;1H2/q;+3;/p-3/t13?,14?,15-,16-;;/m1../s1. The van der Waals surface area contributed by atoms with E-state index in [-0.39, 0.29) is 47.1 Å². The normalized spacial score (nSPS) is 24.9. The fourth-order valence-corrected chi connectivity index (χ4v) is 4.74. The molecule has 0 aromatic carbocycles. The molecule has 0 aliphatic heterocycles. The summed E-state index contributed by atoms with van der Waals surface area (Å²) in [6.07, 6.45) is 5.56. The summed E-state index contributed by atoms with van der Waals surface area (Å²) in [6.45, 7) is -1.97. The van der Waals surface area contributed by atoms with E-state index in [4.69, 9.17) is 5.73 Å². The molecule has 2 aliphatic carbocycles. The van der Waals surface area contributed by atoms with Gasteiger partial charge in [-0.3, -0.25) is 14.6 Å². The van der Waals surface area contributed by atoms with Crippen LogP contribution in [0.4, 0.5) is 0 Å². The SMILES string of the molecule is NC1CCC(NC(=O)CN(CC(=O)[O-])[C@@H]2CCCC[C@H]2N(CC(=O)[O-])CC(=O)[O-])CC1.O.[Fe+3]. The van der Waals surface area contributed by atoms with Gasteiger partial charge < -0.3 is 46.2 Å². The number of hydrogen-bond donors (Lipinski definition) is 2. The summed E-state index contributed by atoms with van der Waals surface area (Å²) in [7, 11) is 0. The minimum absolute atomic E-state index is 0. The molecule has 12 nitrogen and oxygen atoms in total. The van der Waals surface area contributed by atoms with E-state index in [0.29, 0.717) is 12.8 Å². The van der Waals surface area contributed by atoms with Gasteiger partial charge in [0.15, 0.2) is 0 Å². The summed E-state index contributed by atoms with van der Waals surface area (Å²) in [5.74, 6) is -4.58. The molecule has 2 aliphatic rings. The monoisotopic (exact) mass is 513 g/mol. The first-order valence-corrected chi connectivity index (χ1v) is 10.8. The molecule has 0 aromatic rings. The Balaban J connectivity index is 0.00000512. The fraction of sp³-hybridized carbons (Fsp3) is 0.800. The van der Waals surface area contributed by atoms with Gasteiger partial charge in [-0.1, -0.05) is 12.8 Å². The maximum Gasteiger partial charge on any atom is 3.00 e. The molecule has 0 bridgehead atoms. The van der Waals surface area contributed by atoms with E-state index in [0.717, 1.165) is 38.5 Å². The second-order valence-electron chi connectivity index (χ2n) is 8.52. The van der Waals surface area contributed by atoms with E-state index >= 15 is 0 Å². The molecule has 0 heterocycles. The number of carbonyl (C=O) groups excluding carboxylic acids is 4. The summed E-state index contributed by atoms with van der Waals surface area (Å²) in [5.41, 5.74) is 5.88. The zero-order valence-corrected chi connectivity index (χ0v) is 19.6. The third-order valence-corrected chi connectivity index (χ3v) is 6.11. The number of nitrogens with one attached hydrogen (secondary N) is 1. The van der Waals surface area contributed by atoms with Gasteiger partial charge in [-0.2, -0.15) is 0 Å². The van der Waals surface area contributed by atoms with Gasteiger partial charge in [0.2, 0.25) is 5.91 Å². The van der Waals surface area contributed by atoms with Crippen LogP contribution >= 0.6 is 0 Å². The Morgan fingerprint density at radius 3 is 1.52 bits per heavy atom. The Morgan fingerprint density at radius 1 is 0.727 bits per heavy atom. The fourth-order valence-electron chi connectivity index (χ4n) is 4.74. The van der Waals surface area contributed by atoms with E-state index in [9.17, 15) is 34.5 Å². The average molecular weight is 513 g/mol. The zero-order valence-electron chi connectivity index (χ0n) is 18.5. The van der Waals surface area contributed by atoms with Crippen LogP contribution in [0.25, 0.3) is 0 Å². The van der Waals surface area contributed by atoms with Gasteiger partial charge in [0.25, 0.3) is 0 Å². The van der Waals surface area contributed by atoms with Crippen molar-refractivity contribution in [1.82, 2.24) is 15.1 Å². The minimum atomic E-state index is -1.44. The molecular weight excluding hydrogens is 480 g/mol. The first-order valence-electron chi connectivity index (χ1n) is 10.8. The number of nitrogens with two attached hydrogens (primary N) is 1. The van der Waals surface area contributed by atoms with E-state index in [2.05, 4.69) is 5.32 Å². The van der Waals surface area contributed by atoms with Crippen LogP contribution in [0.3, 0.4) is 0 Å². The molecule has 189 valence electrons. The minimum Gasteiger partial charge on any atom is -0.549 e. The van der Waals surface area contributed by atoms with Gasteiger partial charge in [0, 0.05) is 43.8 Å². The van der Waals surface area contributed by atoms with E-state index in [1.165, 1.54) is 9.80 Å². The number of carboxylic acid groups (broad SMARTS) is 3. The van der Waals surface area contributed by atoms with Crippen LogP contribution in [0.5, 0.6) is 0 Å². The van der Waals surface area contributed by atoms with Crippen molar-refractivity contribution in [3.8, 4) is 0 Å². The maximum absolute atomic E-state index is 12.6. The zero-order chi connectivity index (χ0) is 23.0. The van der Waals surface area contributed by atoms with Gasteiger partial charge in [0.1, 0.15) is 0 Å². The Kier molecular flexibility index (Phi) is 14.4. The van der Waals surface area contributed by atoms with Crippen LogP contribution in [-0.2, 0) is 36.2 Å². The average Bonchev–Trinajstić information content (AvgIpc) is 2.67. The molecule has 1 amide bonds. The van der Waals surface area contributed by atoms with Crippen LogP contribution in [-0.4, -0.2) is 89.4 Å². The van der Waals surface area contributed by atoms with Crippen molar-refractivity contribution in [2.45, 2.75) is 75.5 Å². The number of carboxylic acids is 3. The molecule has 33 heavy (non-hydrogen) atoms. The summed E-state index contributed by atoms with van der Waals surface area (Å²) in [5, 5.41) is 36.6. The van der Waals surface area contributed by atoms with Crippen LogP contribution in [0, 0.1) is 0 Å². The number of amides is 1. The molecule has 5 N–H and O–H groups in total. The van der Waals surface area contributed by atoms with Crippen molar-refractivity contribution in [3.63, 3.8) is 0 Å². The van der Waals surface area contributed by atoms with Gasteiger partial charge in [-0.25, -0.2) is 0 Å². The van der Waals surface area contributed by atoms with E-state index in [1.807, 2.05) is 0 Å². The first kappa shape index (κ1) is 31.2. The predicted octanol–water partition coefficient (Wildman–Crippen LogP) is -5.29. The Labute approximate surface area is 203 Å². The van der Waals surface area contributed by atoms with Gasteiger partial charge in [0.05, 0.1) is 24.5 Å². The Morgan fingerprint density at radius 2 is 1.12 bits per heavy atom. The number of hydrogen-bond acceptors (Lipinski definition) is 10. The van der Waals surface area contributed by atoms with Crippen molar-refractivity contribution in [2.75, 3.05) is 26.2 Å². The summed E-state index contributed by atoms with van der Waals surface area (Å²) in [6, 6.07) is -0.976. The third-order valence-electron chi connectivity index (χ3n) is 6.11. The van der Waals surface area contributed by atoms with Crippen LogP contribution in [0.15, 0.2) is 0 Å². The number of rotatable bonds is 11. The van der Waals surface area contributed by atoms with Crippen molar-refractivity contribution >= 4 is 23.8 Å². The topological polar surface area (TPSA) is 213 Å². The van der Waals surface area contributed by atoms with Crippen molar-refractivity contribution in [2.24, 2.45) is 5.73 Å². The molecule has 2 fully saturated rings. The van der Waals surface area contributed by atoms with Crippen molar-refractivity contribution in [1.29, 1.82) is 0 Å². The molecule has 2 atom stereocenters. The molecule has 1 radical (unpaired) electrons. The molecular formula is C20H33FeN4O8. The molecule has 0 saturated heterocycles. The molecule has 0 aromatic heterocycles. The van der Waals surface area contributed by atoms with E-state index in [1.54, 1.807) is 0 Å². The second-order valence-corrected chi connectivity index (χ2v) is 8.52. The Bertz CT molecular complexity index is 644. The van der Waals surface area contributed by atoms with Crippen LogP contribution < -0.4 is 26.4 Å². The quantitative estimate of drug-likeness (QED) is 0.250. The summed E-state index contributed by atoms with van der Waals surface area (Å²) in [4.78, 5) is 49.0. The second kappa shape index (κ2) is 15.2. The number of aliphatic carboxylic acids is 3. The van der Waals surface area contributed by atoms with Gasteiger partial charge in [-0.15, -0.1) is 0 Å². The molecule has 2 rings (SSSR count). The Hall–Kier alpha value is -1.76. The van der Waals surface area contributed by atoms with E-state index < -0.39 is 49.6 Å². The third kappa shape index (κ3) is 10.8. The first-order chi connectivity index (χ1) is 14.7. The summed E-state index contributed by atoms with van der Waals surface area (Å²) >= 11 is 0. The molecule has 0 unspecified atom stereocenters.